The van der Waals surface area contributed by atoms with Crippen LogP contribution in [0.4, 0.5) is 0 Å². The number of carboxylic acid groups (broad SMARTS) is 2. The Morgan fingerprint density at radius 1 is 1.17 bits per heavy atom. The molecule has 3 rings (SSSR count). The van der Waals surface area contributed by atoms with Crippen LogP contribution in [-0.4, -0.2) is 31.7 Å². The maximum absolute atomic E-state index is 12.7. The number of benzene rings is 1. The fraction of sp³-hybridized carbons (Fsp3) is 0.125. The molecule has 2 N–H and O–H groups in total. The molecule has 7 nitrogen and oxygen atoms in total. The average Bonchev–Trinajstić information content (AvgIpc) is 2.96. The van der Waals surface area contributed by atoms with Crippen molar-refractivity contribution in [2.45, 2.75) is 13.5 Å². The highest BCUT2D eigenvalue weighted by Crippen LogP contribution is 2.22. The number of aryl methyl sites for hydroxylation is 1. The molecule has 1 aromatic carbocycles. The topological polar surface area (TPSA) is 109 Å². The van der Waals surface area contributed by atoms with Crippen molar-refractivity contribution in [2.24, 2.45) is 0 Å². The van der Waals surface area contributed by atoms with Crippen LogP contribution in [0.2, 0.25) is 0 Å². The van der Waals surface area contributed by atoms with Crippen molar-refractivity contribution in [3.8, 4) is 0 Å². The molecule has 0 aliphatic rings. The molecular weight excluding hydrogens is 332 g/mol. The number of carboxylic acids is 2. The zero-order valence-corrected chi connectivity index (χ0v) is 13.3. The monoisotopic (exact) mass is 344 g/mol. The quantitative estimate of drug-likeness (QED) is 0.751. The summed E-state index contributed by atoms with van der Waals surface area (Å²) in [5.41, 5.74) is 0.404. The standard InChI is InChI=1S/C16H12N2O5S/c1-8-17-13-12(11(7-24-13)16(22)23)14(19)18(8)6-9-2-4-10(5-3-9)15(20)21/h2-5,7H,6H2,1H3,(H,20,21)(H,22,23). The second-order valence-corrected chi connectivity index (χ2v) is 6.05. The number of aromatic carboxylic acids is 2. The van der Waals surface area contributed by atoms with E-state index in [1.165, 1.54) is 22.1 Å². The molecule has 0 spiro atoms. The van der Waals surface area contributed by atoms with Crippen molar-refractivity contribution in [3.63, 3.8) is 0 Å². The van der Waals surface area contributed by atoms with Crippen LogP contribution in [0.25, 0.3) is 10.2 Å². The molecular formula is C16H12N2O5S. The fourth-order valence-electron chi connectivity index (χ4n) is 2.40. The molecule has 0 aliphatic carbocycles. The second kappa shape index (κ2) is 5.89. The third-order valence-electron chi connectivity index (χ3n) is 3.66. The van der Waals surface area contributed by atoms with Gasteiger partial charge < -0.3 is 10.2 Å². The zero-order valence-electron chi connectivity index (χ0n) is 12.5. The van der Waals surface area contributed by atoms with E-state index in [2.05, 4.69) is 4.98 Å². The van der Waals surface area contributed by atoms with Gasteiger partial charge in [-0.3, -0.25) is 9.36 Å². The minimum absolute atomic E-state index is 0.0533. The molecule has 2 heterocycles. The summed E-state index contributed by atoms with van der Waals surface area (Å²) >= 11 is 1.12. The molecule has 122 valence electrons. The molecule has 3 aromatic rings. The van der Waals surface area contributed by atoms with Crippen LogP contribution in [0, 0.1) is 6.92 Å². The van der Waals surface area contributed by atoms with E-state index in [1.807, 2.05) is 0 Å². The lowest BCUT2D eigenvalue weighted by Crippen LogP contribution is -2.25. The minimum Gasteiger partial charge on any atom is -0.478 e. The molecule has 0 atom stereocenters. The third-order valence-corrected chi connectivity index (χ3v) is 4.53. The zero-order chi connectivity index (χ0) is 17.4. The van der Waals surface area contributed by atoms with Gasteiger partial charge in [0.25, 0.3) is 5.56 Å². The highest BCUT2D eigenvalue weighted by atomic mass is 32.1. The van der Waals surface area contributed by atoms with Gasteiger partial charge in [0.05, 0.1) is 23.1 Å². The Balaban J connectivity index is 2.09. The number of hydrogen-bond acceptors (Lipinski definition) is 5. The number of aromatic nitrogens is 2. The number of thiophene rings is 1. The van der Waals surface area contributed by atoms with Crippen molar-refractivity contribution in [2.75, 3.05) is 0 Å². The Hall–Kier alpha value is -3.00. The first-order valence-electron chi connectivity index (χ1n) is 6.92. The van der Waals surface area contributed by atoms with Crippen LogP contribution < -0.4 is 5.56 Å². The molecule has 24 heavy (non-hydrogen) atoms. The van der Waals surface area contributed by atoms with Gasteiger partial charge in [0.2, 0.25) is 0 Å². The van der Waals surface area contributed by atoms with Gasteiger partial charge in [0.1, 0.15) is 10.7 Å². The van der Waals surface area contributed by atoms with Gasteiger partial charge in [-0.1, -0.05) is 12.1 Å². The molecule has 0 amide bonds. The van der Waals surface area contributed by atoms with Crippen molar-refractivity contribution >= 4 is 33.5 Å². The second-order valence-electron chi connectivity index (χ2n) is 5.19. The lowest BCUT2D eigenvalue weighted by molar-refractivity contribution is 0.0687. The van der Waals surface area contributed by atoms with E-state index in [1.54, 1.807) is 19.1 Å². The van der Waals surface area contributed by atoms with Crippen molar-refractivity contribution < 1.29 is 19.8 Å². The van der Waals surface area contributed by atoms with Gasteiger partial charge >= 0.3 is 11.9 Å². The minimum atomic E-state index is -1.17. The first-order chi connectivity index (χ1) is 11.4. The van der Waals surface area contributed by atoms with Crippen molar-refractivity contribution in [1.82, 2.24) is 9.55 Å². The number of carbonyl (C=O) groups is 2. The maximum Gasteiger partial charge on any atom is 0.337 e. The molecule has 0 unspecified atom stereocenters. The van der Waals surface area contributed by atoms with Crippen LogP contribution in [-0.2, 0) is 6.54 Å². The summed E-state index contributed by atoms with van der Waals surface area (Å²) < 4.78 is 1.39. The number of nitrogens with zero attached hydrogens (tertiary/aromatic N) is 2. The molecule has 0 aliphatic heterocycles. The summed E-state index contributed by atoms with van der Waals surface area (Å²) in [4.78, 5) is 39.5. The molecule has 0 radical (unpaired) electrons. The number of rotatable bonds is 4. The van der Waals surface area contributed by atoms with Crippen LogP contribution in [0.1, 0.15) is 32.1 Å². The van der Waals surface area contributed by atoms with E-state index < -0.39 is 17.5 Å². The van der Waals surface area contributed by atoms with Gasteiger partial charge in [-0.15, -0.1) is 11.3 Å². The summed E-state index contributed by atoms with van der Waals surface area (Å²) in [7, 11) is 0. The highest BCUT2D eigenvalue weighted by molar-refractivity contribution is 7.17. The van der Waals surface area contributed by atoms with E-state index >= 15 is 0 Å². The van der Waals surface area contributed by atoms with Crippen molar-refractivity contribution in [1.29, 1.82) is 0 Å². The fourth-order valence-corrected chi connectivity index (χ4v) is 3.35. The summed E-state index contributed by atoms with van der Waals surface area (Å²) in [6.45, 7) is 1.86. The smallest absolute Gasteiger partial charge is 0.337 e. The first-order valence-corrected chi connectivity index (χ1v) is 7.80. The van der Waals surface area contributed by atoms with E-state index in [0.29, 0.717) is 10.7 Å². The first kappa shape index (κ1) is 15.9. The Morgan fingerprint density at radius 2 is 1.83 bits per heavy atom. The van der Waals surface area contributed by atoms with Crippen LogP contribution in [0.15, 0.2) is 34.4 Å². The van der Waals surface area contributed by atoms with E-state index in [9.17, 15) is 19.5 Å². The highest BCUT2D eigenvalue weighted by Gasteiger charge is 2.18. The molecule has 0 saturated carbocycles. The predicted molar refractivity (Wildman–Crippen MR) is 88.1 cm³/mol. The van der Waals surface area contributed by atoms with E-state index in [-0.39, 0.29) is 23.1 Å². The van der Waals surface area contributed by atoms with Gasteiger partial charge in [-0.25, -0.2) is 14.6 Å². The van der Waals surface area contributed by atoms with Gasteiger partial charge in [-0.05, 0) is 24.6 Å². The Bertz CT molecular complexity index is 1020. The Labute approximate surface area is 139 Å². The normalized spacial score (nSPS) is 10.9. The van der Waals surface area contributed by atoms with E-state index in [4.69, 9.17) is 5.11 Å². The Morgan fingerprint density at radius 3 is 2.42 bits per heavy atom. The third kappa shape index (κ3) is 2.67. The van der Waals surface area contributed by atoms with Crippen LogP contribution >= 0.6 is 11.3 Å². The van der Waals surface area contributed by atoms with Gasteiger partial charge in [0, 0.05) is 5.38 Å². The van der Waals surface area contributed by atoms with Crippen LogP contribution in [0.5, 0.6) is 0 Å². The van der Waals surface area contributed by atoms with E-state index in [0.717, 1.165) is 16.9 Å². The van der Waals surface area contributed by atoms with Crippen molar-refractivity contribution in [3.05, 3.63) is 62.5 Å². The summed E-state index contributed by atoms with van der Waals surface area (Å²) in [5, 5.41) is 19.6. The summed E-state index contributed by atoms with van der Waals surface area (Å²) in [6, 6.07) is 6.14. The number of fused-ring (bicyclic) bond motifs is 1. The lowest BCUT2D eigenvalue weighted by Gasteiger charge is -2.10. The van der Waals surface area contributed by atoms with Crippen LogP contribution in [0.3, 0.4) is 0 Å². The van der Waals surface area contributed by atoms with Gasteiger partial charge in [0.15, 0.2) is 0 Å². The molecule has 8 heteroatoms. The molecule has 2 aromatic heterocycles. The summed E-state index contributed by atoms with van der Waals surface area (Å²) in [6.07, 6.45) is 0. The molecule has 0 fully saturated rings. The SMILES string of the molecule is Cc1nc2scc(C(=O)O)c2c(=O)n1Cc1ccc(C(=O)O)cc1. The maximum atomic E-state index is 12.7. The van der Waals surface area contributed by atoms with Gasteiger partial charge in [-0.2, -0.15) is 0 Å². The average molecular weight is 344 g/mol. The lowest BCUT2D eigenvalue weighted by atomic mass is 10.1. The largest absolute Gasteiger partial charge is 0.478 e. The predicted octanol–water partition coefficient (Wildman–Crippen LogP) is 2.21. The Kier molecular flexibility index (Phi) is 3.90. The summed E-state index contributed by atoms with van der Waals surface area (Å²) in [5.74, 6) is -1.72. The molecule has 0 saturated heterocycles. The number of hydrogen-bond donors (Lipinski definition) is 2. The molecule has 0 bridgehead atoms.